The van der Waals surface area contributed by atoms with E-state index in [0.717, 1.165) is 22.5 Å². The van der Waals surface area contributed by atoms with Gasteiger partial charge in [0.2, 0.25) is 0 Å². The molecule has 0 saturated carbocycles. The van der Waals surface area contributed by atoms with Gasteiger partial charge >= 0.3 is 0 Å². The number of amides is 1. The van der Waals surface area contributed by atoms with Gasteiger partial charge in [-0.25, -0.2) is 4.39 Å². The van der Waals surface area contributed by atoms with E-state index in [1.165, 1.54) is 6.07 Å². The molecule has 1 aromatic heterocycles. The summed E-state index contributed by atoms with van der Waals surface area (Å²) in [5.41, 5.74) is 4.79. The Hall–Kier alpha value is -2.88. The highest BCUT2D eigenvalue weighted by molar-refractivity contribution is 6.04. The first-order valence-corrected chi connectivity index (χ1v) is 8.24. The second kappa shape index (κ2) is 6.93. The molecule has 0 atom stereocenters. The second-order valence-corrected chi connectivity index (χ2v) is 6.32. The van der Waals surface area contributed by atoms with Gasteiger partial charge in [0, 0.05) is 16.9 Å². The average Bonchev–Trinajstić information content (AvgIpc) is 2.85. The van der Waals surface area contributed by atoms with Crippen molar-refractivity contribution in [3.63, 3.8) is 0 Å². The molecule has 4 heteroatoms. The van der Waals surface area contributed by atoms with E-state index >= 15 is 0 Å². The molecule has 3 nitrogen and oxygen atoms in total. The number of rotatable bonds is 4. The molecule has 0 aliphatic carbocycles. The number of carbonyl (C=O) groups is 1. The maximum Gasteiger partial charge on any atom is 0.272 e. The van der Waals surface area contributed by atoms with Gasteiger partial charge in [0.25, 0.3) is 5.91 Å². The topological polar surface area (TPSA) is 34.0 Å². The van der Waals surface area contributed by atoms with Crippen LogP contribution in [0.4, 0.5) is 10.1 Å². The molecule has 0 aliphatic rings. The zero-order valence-electron chi connectivity index (χ0n) is 14.6. The molecule has 0 aliphatic heterocycles. The maximum absolute atomic E-state index is 14.0. The number of hydrogen-bond acceptors (Lipinski definition) is 1. The molecule has 1 amide bonds. The molecule has 1 N–H and O–H groups in total. The first kappa shape index (κ1) is 17.0. The van der Waals surface area contributed by atoms with Gasteiger partial charge in [-0.3, -0.25) is 4.79 Å². The molecule has 2 aromatic carbocycles. The highest BCUT2D eigenvalue weighted by Gasteiger charge is 2.18. The fourth-order valence-electron chi connectivity index (χ4n) is 2.98. The number of aryl methyl sites for hydroxylation is 3. The van der Waals surface area contributed by atoms with Crippen molar-refractivity contribution in [2.24, 2.45) is 0 Å². The Kier molecular flexibility index (Phi) is 4.70. The van der Waals surface area contributed by atoms with E-state index < -0.39 is 0 Å². The standard InChI is InChI=1S/C21H21FN2O/c1-14-8-10-18(11-9-14)23-21(25)20-15(2)12-16(3)24(20)13-17-6-4-5-7-19(17)22/h4-12H,13H2,1-3H3,(H,23,25). The van der Waals surface area contributed by atoms with Gasteiger partial charge in [-0.1, -0.05) is 35.9 Å². The Morgan fingerprint density at radius 3 is 2.40 bits per heavy atom. The van der Waals surface area contributed by atoms with E-state index in [-0.39, 0.29) is 11.7 Å². The lowest BCUT2D eigenvalue weighted by Gasteiger charge is -2.13. The highest BCUT2D eigenvalue weighted by atomic mass is 19.1. The molecule has 0 unspecified atom stereocenters. The fourth-order valence-corrected chi connectivity index (χ4v) is 2.98. The van der Waals surface area contributed by atoms with E-state index in [1.54, 1.807) is 18.2 Å². The average molecular weight is 336 g/mol. The molecular weight excluding hydrogens is 315 g/mol. The minimum absolute atomic E-state index is 0.189. The zero-order valence-corrected chi connectivity index (χ0v) is 14.6. The number of nitrogens with one attached hydrogen (secondary N) is 1. The Labute approximate surface area is 147 Å². The first-order chi connectivity index (χ1) is 12.0. The summed E-state index contributed by atoms with van der Waals surface area (Å²) in [5, 5.41) is 2.93. The lowest BCUT2D eigenvalue weighted by Crippen LogP contribution is -2.19. The molecule has 3 rings (SSSR count). The lowest BCUT2D eigenvalue weighted by molar-refractivity contribution is 0.101. The van der Waals surface area contributed by atoms with E-state index in [2.05, 4.69) is 5.32 Å². The number of hydrogen-bond donors (Lipinski definition) is 1. The van der Waals surface area contributed by atoms with Crippen molar-refractivity contribution in [1.29, 1.82) is 0 Å². The summed E-state index contributed by atoms with van der Waals surface area (Å²) in [5.74, 6) is -0.455. The predicted octanol–water partition coefficient (Wildman–Crippen LogP) is 4.85. The van der Waals surface area contributed by atoms with Crippen molar-refractivity contribution in [3.05, 3.63) is 88.5 Å². The molecule has 3 aromatic rings. The molecule has 0 fully saturated rings. The summed E-state index contributed by atoms with van der Waals surface area (Å²) < 4.78 is 15.9. The van der Waals surface area contributed by atoms with E-state index in [1.807, 2.05) is 55.7 Å². The van der Waals surface area contributed by atoms with Crippen LogP contribution in [0.3, 0.4) is 0 Å². The summed E-state index contributed by atoms with van der Waals surface area (Å²) >= 11 is 0. The normalized spacial score (nSPS) is 10.7. The molecule has 128 valence electrons. The molecule has 0 radical (unpaired) electrons. The van der Waals surface area contributed by atoms with Crippen LogP contribution in [0.15, 0.2) is 54.6 Å². The van der Waals surface area contributed by atoms with Gasteiger partial charge in [-0.05, 0) is 50.6 Å². The third-order valence-electron chi connectivity index (χ3n) is 4.31. The van der Waals surface area contributed by atoms with Crippen LogP contribution in [0.2, 0.25) is 0 Å². The number of nitrogens with zero attached hydrogens (tertiary/aromatic N) is 1. The van der Waals surface area contributed by atoms with Crippen LogP contribution in [0.1, 0.15) is 32.9 Å². The molecule has 0 saturated heterocycles. The molecule has 0 spiro atoms. The monoisotopic (exact) mass is 336 g/mol. The minimum Gasteiger partial charge on any atom is -0.336 e. The maximum atomic E-state index is 14.0. The summed E-state index contributed by atoms with van der Waals surface area (Å²) in [6.45, 7) is 6.15. The van der Waals surface area contributed by atoms with Crippen LogP contribution in [0.5, 0.6) is 0 Å². The van der Waals surface area contributed by atoms with E-state index in [4.69, 9.17) is 0 Å². The first-order valence-electron chi connectivity index (χ1n) is 8.24. The highest BCUT2D eigenvalue weighted by Crippen LogP contribution is 2.20. The summed E-state index contributed by atoms with van der Waals surface area (Å²) in [6, 6.07) is 16.2. The Morgan fingerprint density at radius 2 is 1.72 bits per heavy atom. The Morgan fingerprint density at radius 1 is 1.04 bits per heavy atom. The number of aromatic nitrogens is 1. The number of carbonyl (C=O) groups excluding carboxylic acids is 1. The van der Waals surface area contributed by atoms with Crippen LogP contribution < -0.4 is 5.32 Å². The minimum atomic E-state index is -0.266. The SMILES string of the molecule is Cc1ccc(NC(=O)c2c(C)cc(C)n2Cc2ccccc2F)cc1. The van der Waals surface area contributed by atoms with E-state index in [0.29, 0.717) is 17.8 Å². The Bertz CT molecular complexity index is 910. The van der Waals surface area contributed by atoms with Crippen molar-refractivity contribution < 1.29 is 9.18 Å². The van der Waals surface area contributed by atoms with Crippen LogP contribution in [0.25, 0.3) is 0 Å². The summed E-state index contributed by atoms with van der Waals surface area (Å²) in [4.78, 5) is 12.8. The summed E-state index contributed by atoms with van der Waals surface area (Å²) in [7, 11) is 0. The van der Waals surface area contributed by atoms with Crippen molar-refractivity contribution in [2.45, 2.75) is 27.3 Å². The fraction of sp³-hybridized carbons (Fsp3) is 0.190. The third kappa shape index (κ3) is 3.63. The molecule has 0 bridgehead atoms. The van der Waals surface area contributed by atoms with Crippen molar-refractivity contribution >= 4 is 11.6 Å². The van der Waals surface area contributed by atoms with Crippen molar-refractivity contribution in [2.75, 3.05) is 5.32 Å². The van der Waals surface area contributed by atoms with Gasteiger partial charge < -0.3 is 9.88 Å². The van der Waals surface area contributed by atoms with Gasteiger partial charge in [0.05, 0.1) is 6.54 Å². The third-order valence-corrected chi connectivity index (χ3v) is 4.31. The van der Waals surface area contributed by atoms with E-state index in [9.17, 15) is 9.18 Å². The zero-order chi connectivity index (χ0) is 18.0. The quantitative estimate of drug-likeness (QED) is 0.726. The smallest absolute Gasteiger partial charge is 0.272 e. The number of anilines is 1. The van der Waals surface area contributed by atoms with Gasteiger partial charge in [-0.15, -0.1) is 0 Å². The van der Waals surface area contributed by atoms with Crippen molar-refractivity contribution in [3.8, 4) is 0 Å². The van der Waals surface area contributed by atoms with Crippen LogP contribution in [0, 0.1) is 26.6 Å². The lowest BCUT2D eigenvalue weighted by atomic mass is 10.2. The number of benzene rings is 2. The van der Waals surface area contributed by atoms with Crippen LogP contribution in [-0.4, -0.2) is 10.5 Å². The van der Waals surface area contributed by atoms with Gasteiger partial charge in [0.1, 0.15) is 11.5 Å². The predicted molar refractivity (Wildman–Crippen MR) is 98.5 cm³/mol. The number of halogens is 1. The molecular formula is C21H21FN2O. The largest absolute Gasteiger partial charge is 0.336 e. The summed E-state index contributed by atoms with van der Waals surface area (Å²) in [6.07, 6.45) is 0. The molecule has 1 heterocycles. The van der Waals surface area contributed by atoms with Crippen LogP contribution in [-0.2, 0) is 6.54 Å². The molecule has 25 heavy (non-hydrogen) atoms. The van der Waals surface area contributed by atoms with Crippen LogP contribution >= 0.6 is 0 Å². The van der Waals surface area contributed by atoms with Crippen molar-refractivity contribution in [1.82, 2.24) is 4.57 Å². The second-order valence-electron chi connectivity index (χ2n) is 6.32. The van der Waals surface area contributed by atoms with Gasteiger partial charge in [-0.2, -0.15) is 0 Å². The Balaban J connectivity index is 1.92. The van der Waals surface area contributed by atoms with Gasteiger partial charge in [0.15, 0.2) is 0 Å².